The van der Waals surface area contributed by atoms with Crippen LogP contribution in [0.1, 0.15) is 50.7 Å². The van der Waals surface area contributed by atoms with Gasteiger partial charge in [-0.3, -0.25) is 4.79 Å². The van der Waals surface area contributed by atoms with Gasteiger partial charge in [0.2, 0.25) is 0 Å². The van der Waals surface area contributed by atoms with E-state index in [1.165, 1.54) is 11.3 Å². The van der Waals surface area contributed by atoms with Crippen LogP contribution in [0.3, 0.4) is 0 Å². The third kappa shape index (κ3) is 4.86. The maximum absolute atomic E-state index is 14.1. The second-order valence-electron chi connectivity index (χ2n) is 8.40. The number of rotatable bonds is 9. The molecule has 176 valence electrons. The predicted molar refractivity (Wildman–Crippen MR) is 130 cm³/mol. The normalized spacial score (nSPS) is 16.4. The fraction of sp³-hybridized carbons (Fsp3) is 0.391. The van der Waals surface area contributed by atoms with E-state index in [9.17, 15) is 9.36 Å². The highest BCUT2D eigenvalue weighted by atomic mass is 32.1. The van der Waals surface area contributed by atoms with Crippen molar-refractivity contribution < 1.29 is 23.1 Å². The van der Waals surface area contributed by atoms with Gasteiger partial charge in [-0.1, -0.05) is 43.4 Å². The van der Waals surface area contributed by atoms with Crippen molar-refractivity contribution in [2.75, 3.05) is 12.3 Å². The molecule has 1 heterocycles. The number of hydrogen-bond acceptors (Lipinski definition) is 8. The SMILES string of the molecule is CCOC(=O)C1(NP(=O)(Oc2ccccc2)Oc2cc(C)c(C(C)C)c3sc(N)nc23)CC1. The fourth-order valence-corrected chi connectivity index (χ4v) is 6.69. The van der Waals surface area contributed by atoms with Gasteiger partial charge in [-0.2, -0.15) is 5.09 Å². The molecule has 4 rings (SSSR count). The molecular weight excluding hydrogens is 461 g/mol. The Kier molecular flexibility index (Phi) is 6.40. The summed E-state index contributed by atoms with van der Waals surface area (Å²) >= 11 is 1.36. The zero-order valence-corrected chi connectivity index (χ0v) is 20.8. The van der Waals surface area contributed by atoms with Crippen LogP contribution in [0, 0.1) is 6.92 Å². The molecule has 0 bridgehead atoms. The lowest BCUT2D eigenvalue weighted by atomic mass is 9.97. The second-order valence-corrected chi connectivity index (χ2v) is 11.0. The van der Waals surface area contributed by atoms with E-state index in [2.05, 4.69) is 23.9 Å². The number of benzene rings is 2. The molecule has 3 aromatic rings. The Bertz CT molecular complexity index is 1220. The van der Waals surface area contributed by atoms with Crippen LogP contribution in [-0.2, 0) is 14.1 Å². The molecule has 0 amide bonds. The molecule has 1 fully saturated rings. The summed E-state index contributed by atoms with van der Waals surface area (Å²) in [6.45, 7) is 8.11. The lowest BCUT2D eigenvalue weighted by molar-refractivity contribution is -0.146. The lowest BCUT2D eigenvalue weighted by Gasteiger charge is -2.25. The molecule has 0 aliphatic heterocycles. The van der Waals surface area contributed by atoms with E-state index in [0.29, 0.717) is 29.2 Å². The Morgan fingerprint density at radius 3 is 2.58 bits per heavy atom. The summed E-state index contributed by atoms with van der Waals surface area (Å²) in [6, 6.07) is 10.5. The minimum Gasteiger partial charge on any atom is -0.465 e. The smallest absolute Gasteiger partial charge is 0.465 e. The van der Waals surface area contributed by atoms with Gasteiger partial charge in [-0.25, -0.2) is 9.55 Å². The zero-order valence-electron chi connectivity index (χ0n) is 19.1. The van der Waals surface area contributed by atoms with Gasteiger partial charge in [0.1, 0.15) is 16.8 Å². The van der Waals surface area contributed by atoms with Crippen LogP contribution in [0.4, 0.5) is 5.13 Å². The largest absolute Gasteiger partial charge is 0.513 e. The number of aryl methyl sites for hydroxylation is 1. The Labute approximate surface area is 197 Å². The van der Waals surface area contributed by atoms with Crippen LogP contribution in [0.5, 0.6) is 11.5 Å². The van der Waals surface area contributed by atoms with Gasteiger partial charge >= 0.3 is 13.7 Å². The summed E-state index contributed by atoms with van der Waals surface area (Å²) in [5, 5.41) is 3.26. The summed E-state index contributed by atoms with van der Waals surface area (Å²) in [6.07, 6.45) is 0.948. The highest BCUT2D eigenvalue weighted by molar-refractivity contribution is 7.52. The number of anilines is 1. The number of nitrogen functional groups attached to an aromatic ring is 1. The third-order valence-corrected chi connectivity index (χ3v) is 7.93. The van der Waals surface area contributed by atoms with Gasteiger partial charge < -0.3 is 19.5 Å². The van der Waals surface area contributed by atoms with Crippen molar-refractivity contribution in [2.45, 2.75) is 52.0 Å². The molecule has 0 spiro atoms. The van der Waals surface area contributed by atoms with Crippen LogP contribution >= 0.6 is 19.1 Å². The molecule has 1 atom stereocenters. The number of ether oxygens (including phenoxy) is 1. The summed E-state index contributed by atoms with van der Waals surface area (Å²) in [5.41, 5.74) is 7.52. The first-order chi connectivity index (χ1) is 15.7. The van der Waals surface area contributed by atoms with Gasteiger partial charge in [0.25, 0.3) is 0 Å². The molecule has 3 N–H and O–H groups in total. The molecule has 33 heavy (non-hydrogen) atoms. The van der Waals surface area contributed by atoms with Gasteiger partial charge in [-0.15, -0.1) is 0 Å². The van der Waals surface area contributed by atoms with Crippen LogP contribution in [0.2, 0.25) is 0 Å². The Balaban J connectivity index is 1.76. The number of para-hydroxylation sites is 1. The van der Waals surface area contributed by atoms with Crippen LogP contribution in [0.15, 0.2) is 36.4 Å². The first kappa shape index (κ1) is 23.5. The number of carbonyl (C=O) groups excluding carboxylic acids is 1. The van der Waals surface area contributed by atoms with Crippen LogP contribution in [0.25, 0.3) is 10.2 Å². The molecule has 1 unspecified atom stereocenters. The Hall–Kier alpha value is -2.61. The van der Waals surface area contributed by atoms with Gasteiger partial charge in [-0.05, 0) is 61.9 Å². The van der Waals surface area contributed by atoms with Gasteiger partial charge in [0, 0.05) is 0 Å². The maximum atomic E-state index is 14.1. The number of aromatic nitrogens is 1. The van der Waals surface area contributed by atoms with Gasteiger partial charge in [0.15, 0.2) is 10.9 Å². The number of nitrogens with one attached hydrogen (secondary N) is 1. The maximum Gasteiger partial charge on any atom is 0.513 e. The first-order valence-corrected chi connectivity index (χ1v) is 13.2. The molecule has 0 radical (unpaired) electrons. The van der Waals surface area contributed by atoms with Crippen molar-refractivity contribution in [3.05, 3.63) is 47.5 Å². The van der Waals surface area contributed by atoms with Crippen molar-refractivity contribution in [1.29, 1.82) is 0 Å². The third-order valence-electron chi connectivity index (χ3n) is 5.43. The topological polar surface area (TPSA) is 113 Å². The number of nitrogens with zero attached hydrogens (tertiary/aromatic N) is 1. The van der Waals surface area contributed by atoms with Crippen molar-refractivity contribution in [3.8, 4) is 11.5 Å². The van der Waals surface area contributed by atoms with Crippen molar-refractivity contribution in [2.24, 2.45) is 0 Å². The van der Waals surface area contributed by atoms with Crippen molar-refractivity contribution in [1.82, 2.24) is 10.1 Å². The molecule has 1 aliphatic rings. The molecular formula is C23H28N3O5PS. The van der Waals surface area contributed by atoms with Gasteiger partial charge in [0.05, 0.1) is 11.3 Å². The van der Waals surface area contributed by atoms with Crippen LogP contribution in [-0.4, -0.2) is 23.1 Å². The first-order valence-electron chi connectivity index (χ1n) is 10.9. The highest BCUT2D eigenvalue weighted by Crippen LogP contribution is 2.53. The fourth-order valence-electron chi connectivity index (χ4n) is 3.83. The summed E-state index contributed by atoms with van der Waals surface area (Å²) in [7, 11) is -4.08. The van der Waals surface area contributed by atoms with E-state index >= 15 is 0 Å². The molecule has 10 heteroatoms. The zero-order chi connectivity index (χ0) is 23.8. The van der Waals surface area contributed by atoms with Crippen molar-refractivity contribution >= 4 is 40.4 Å². The van der Waals surface area contributed by atoms with E-state index in [1.54, 1.807) is 37.3 Å². The molecule has 8 nitrogen and oxygen atoms in total. The number of thiazole rings is 1. The van der Waals surface area contributed by atoms with E-state index in [0.717, 1.165) is 15.8 Å². The number of nitrogens with two attached hydrogens (primary N) is 1. The number of fused-ring (bicyclic) bond motifs is 1. The highest BCUT2D eigenvalue weighted by Gasteiger charge is 2.57. The van der Waals surface area contributed by atoms with E-state index in [1.807, 2.05) is 13.0 Å². The molecule has 1 saturated carbocycles. The standard InChI is InChI=1S/C23H28N3O5PS/c1-5-29-21(27)23(11-12-23)26-32(28,30-16-9-7-6-8-10-16)31-17-13-15(4)18(14(2)3)20-19(17)25-22(24)33-20/h6-10,13-14H,5,11-12H2,1-4H3,(H2,24,25)(H,26,28). The minimum atomic E-state index is -4.08. The molecule has 1 aromatic heterocycles. The Morgan fingerprint density at radius 1 is 1.27 bits per heavy atom. The summed E-state index contributed by atoms with van der Waals surface area (Å²) in [4.78, 5) is 17.0. The number of hydrogen-bond donors (Lipinski definition) is 2. The molecule has 0 saturated heterocycles. The van der Waals surface area contributed by atoms with Crippen LogP contribution < -0.4 is 19.9 Å². The van der Waals surface area contributed by atoms with Crippen molar-refractivity contribution in [3.63, 3.8) is 0 Å². The predicted octanol–water partition coefficient (Wildman–Crippen LogP) is 5.56. The van der Waals surface area contributed by atoms with E-state index in [4.69, 9.17) is 19.5 Å². The number of carbonyl (C=O) groups is 1. The lowest BCUT2D eigenvalue weighted by Crippen LogP contribution is -2.40. The van der Waals surface area contributed by atoms with E-state index < -0.39 is 19.3 Å². The monoisotopic (exact) mass is 489 g/mol. The molecule has 2 aromatic carbocycles. The second kappa shape index (κ2) is 8.97. The summed E-state index contributed by atoms with van der Waals surface area (Å²) in [5.74, 6) is 0.397. The molecule has 1 aliphatic carbocycles. The number of esters is 1. The summed E-state index contributed by atoms with van der Waals surface area (Å²) < 4.78 is 32.0. The average molecular weight is 490 g/mol. The quantitative estimate of drug-likeness (QED) is 0.297. The Morgan fingerprint density at radius 2 is 1.97 bits per heavy atom. The minimum absolute atomic E-state index is 0.224. The van der Waals surface area contributed by atoms with E-state index in [-0.39, 0.29) is 18.3 Å². The average Bonchev–Trinajstić information content (AvgIpc) is 3.41.